The second-order valence-corrected chi connectivity index (χ2v) is 26.7. The lowest BCUT2D eigenvalue weighted by Crippen LogP contribution is -2.30. The Morgan fingerprint density at radius 2 is 0.604 bits per heavy atom. The molecule has 5 atom stereocenters. The van der Waals surface area contributed by atoms with Crippen molar-refractivity contribution in [3.63, 3.8) is 0 Å². The zero-order valence-electron chi connectivity index (χ0n) is 59.5. The molecule has 19 heteroatoms. The average molecular weight is 1390 g/mol. The second kappa shape index (κ2) is 68.7. The minimum Gasteiger partial charge on any atom is -0.462 e. The predicted molar refractivity (Wildman–Crippen MR) is 390 cm³/mol. The molecule has 0 amide bonds. The Hall–Kier alpha value is -4.80. The van der Waals surface area contributed by atoms with Crippen LogP contribution in [0.2, 0.25) is 0 Å². The van der Waals surface area contributed by atoms with E-state index >= 15 is 0 Å². The van der Waals surface area contributed by atoms with Gasteiger partial charge in [-0.3, -0.25) is 37.3 Å². The van der Waals surface area contributed by atoms with Gasteiger partial charge < -0.3 is 33.8 Å². The Morgan fingerprint density at radius 1 is 0.312 bits per heavy atom. The summed E-state index contributed by atoms with van der Waals surface area (Å²) in [6, 6.07) is 0. The summed E-state index contributed by atoms with van der Waals surface area (Å²) in [5, 5.41) is 10.6. The zero-order valence-corrected chi connectivity index (χ0v) is 61.3. The number of phosphoric ester groups is 2. The second-order valence-electron chi connectivity index (χ2n) is 23.8. The van der Waals surface area contributed by atoms with E-state index in [9.17, 15) is 43.2 Å². The molecule has 0 rings (SSSR count). The maximum Gasteiger partial charge on any atom is 0.472 e. The van der Waals surface area contributed by atoms with E-state index in [0.29, 0.717) is 25.7 Å². The molecule has 0 aliphatic heterocycles. The van der Waals surface area contributed by atoms with Crippen LogP contribution in [0.15, 0.2) is 134 Å². The van der Waals surface area contributed by atoms with Gasteiger partial charge in [-0.1, -0.05) is 245 Å². The highest BCUT2D eigenvalue weighted by Gasteiger charge is 2.30. The van der Waals surface area contributed by atoms with Gasteiger partial charge in [0, 0.05) is 19.3 Å². The van der Waals surface area contributed by atoms with Gasteiger partial charge in [0.15, 0.2) is 12.2 Å². The van der Waals surface area contributed by atoms with Gasteiger partial charge in [-0.15, -0.1) is 0 Å². The van der Waals surface area contributed by atoms with Crippen molar-refractivity contribution in [2.75, 3.05) is 39.6 Å². The Kier molecular flexibility index (Phi) is 65.3. The van der Waals surface area contributed by atoms with E-state index in [1.807, 2.05) is 18.2 Å². The van der Waals surface area contributed by atoms with Crippen molar-refractivity contribution in [3.05, 3.63) is 134 Å². The Balaban J connectivity index is 5.45. The summed E-state index contributed by atoms with van der Waals surface area (Å²) in [5.74, 6) is -2.38. The van der Waals surface area contributed by atoms with Gasteiger partial charge in [0.2, 0.25) is 0 Å². The number of rotatable bonds is 67. The van der Waals surface area contributed by atoms with Crippen LogP contribution in [0.4, 0.5) is 0 Å². The molecule has 0 aromatic heterocycles. The highest BCUT2D eigenvalue weighted by molar-refractivity contribution is 7.47. The minimum absolute atomic E-state index is 0.0558. The Labute approximate surface area is 580 Å². The lowest BCUT2D eigenvalue weighted by Gasteiger charge is -2.21. The fourth-order valence-electron chi connectivity index (χ4n) is 9.04. The molecule has 3 N–H and O–H groups in total. The molecule has 548 valence electrons. The number of aliphatic hydroxyl groups is 1. The van der Waals surface area contributed by atoms with Gasteiger partial charge >= 0.3 is 39.5 Å². The van der Waals surface area contributed by atoms with Crippen molar-refractivity contribution in [2.24, 2.45) is 0 Å². The first-order valence-corrected chi connectivity index (χ1v) is 39.4. The first kappa shape index (κ1) is 91.2. The van der Waals surface area contributed by atoms with E-state index in [1.165, 1.54) is 19.3 Å². The monoisotopic (exact) mass is 1390 g/mol. The van der Waals surface area contributed by atoms with Crippen LogP contribution in [-0.4, -0.2) is 96.7 Å². The van der Waals surface area contributed by atoms with Gasteiger partial charge in [0.1, 0.15) is 19.3 Å². The number of hydrogen-bond donors (Lipinski definition) is 3. The molecular formula is C77H128O17P2. The molecule has 0 spiro atoms. The number of carbonyl (C=O) groups is 4. The third-order valence-corrected chi connectivity index (χ3v) is 16.5. The normalized spacial score (nSPS) is 14.8. The molecular weight excluding hydrogens is 1260 g/mol. The molecule has 0 radical (unpaired) electrons. The molecule has 5 unspecified atom stereocenters. The maximum atomic E-state index is 13.0. The minimum atomic E-state index is -5.00. The third kappa shape index (κ3) is 67.8. The van der Waals surface area contributed by atoms with Crippen molar-refractivity contribution in [3.8, 4) is 0 Å². The highest BCUT2D eigenvalue weighted by atomic mass is 31.2. The summed E-state index contributed by atoms with van der Waals surface area (Å²) in [4.78, 5) is 72.6. The summed E-state index contributed by atoms with van der Waals surface area (Å²) in [6.45, 7) is 4.41. The number of allylic oxidation sites excluding steroid dienone is 21. The Morgan fingerprint density at radius 3 is 0.969 bits per heavy atom. The quantitative estimate of drug-likeness (QED) is 0.0169. The fourth-order valence-corrected chi connectivity index (χ4v) is 10.6. The van der Waals surface area contributed by atoms with E-state index in [1.54, 1.807) is 6.08 Å². The lowest BCUT2D eigenvalue weighted by molar-refractivity contribution is -0.161. The number of ether oxygens (including phenoxy) is 4. The summed E-state index contributed by atoms with van der Waals surface area (Å²) in [7, 11) is -9.99. The number of aliphatic hydroxyl groups excluding tert-OH is 1. The van der Waals surface area contributed by atoms with Gasteiger partial charge in [-0.05, 0) is 135 Å². The van der Waals surface area contributed by atoms with E-state index in [-0.39, 0.29) is 25.7 Å². The molecule has 0 aromatic rings. The summed E-state index contributed by atoms with van der Waals surface area (Å²) >= 11 is 0. The van der Waals surface area contributed by atoms with Crippen LogP contribution in [0.1, 0.15) is 272 Å². The average Bonchev–Trinajstić information content (AvgIpc) is 1.36. The smallest absolute Gasteiger partial charge is 0.462 e. The molecule has 0 saturated heterocycles. The summed E-state index contributed by atoms with van der Waals surface area (Å²) in [5.41, 5.74) is 0. The van der Waals surface area contributed by atoms with Crippen molar-refractivity contribution in [1.29, 1.82) is 0 Å². The Bertz CT molecular complexity index is 2350. The maximum absolute atomic E-state index is 13.0. The molecule has 0 aliphatic carbocycles. The molecule has 0 saturated carbocycles. The van der Waals surface area contributed by atoms with Crippen LogP contribution < -0.4 is 0 Å². The van der Waals surface area contributed by atoms with Gasteiger partial charge in [0.05, 0.1) is 32.8 Å². The third-order valence-electron chi connectivity index (χ3n) is 14.6. The number of hydrogen-bond acceptors (Lipinski definition) is 15. The molecule has 96 heavy (non-hydrogen) atoms. The van der Waals surface area contributed by atoms with Crippen molar-refractivity contribution >= 4 is 39.5 Å². The van der Waals surface area contributed by atoms with Crippen LogP contribution in [-0.2, 0) is 65.4 Å². The number of carbonyl (C=O) groups excluding carboxylic acids is 4. The predicted octanol–water partition coefficient (Wildman–Crippen LogP) is 20.5. The molecule has 17 nitrogen and oxygen atoms in total. The SMILES string of the molecule is CC/C=C\C/C=C\C/C=C\C/C=C\C/C=C\CC(=O)OCC(COP(=O)(O)OCC(O)COP(=O)(O)OCC(COC(=O)CCCCCCC/C=C\C/C=C\CCC)OC(=O)CCCCCCC/C=C\C/C=C\CCC)OC(=O)CCCCCCC/C=C\C/C=C\CCCCC. The number of phosphoric acid groups is 2. The first-order chi connectivity index (χ1) is 46.7. The summed E-state index contributed by atoms with van der Waals surface area (Å²) in [6.07, 6.45) is 74.8. The molecule has 0 fully saturated rings. The molecule has 0 bridgehead atoms. The largest absolute Gasteiger partial charge is 0.472 e. The van der Waals surface area contributed by atoms with E-state index < -0.39 is 97.5 Å². The van der Waals surface area contributed by atoms with Crippen LogP contribution in [0.3, 0.4) is 0 Å². The van der Waals surface area contributed by atoms with Gasteiger partial charge in [-0.25, -0.2) is 9.13 Å². The fraction of sp³-hybridized carbons (Fsp3) is 0.662. The number of unbranched alkanes of at least 4 members (excludes halogenated alkanes) is 20. The van der Waals surface area contributed by atoms with Crippen molar-refractivity contribution < 1.29 is 80.2 Å². The van der Waals surface area contributed by atoms with Crippen LogP contribution in [0.5, 0.6) is 0 Å². The van der Waals surface area contributed by atoms with E-state index in [4.69, 9.17) is 37.0 Å². The van der Waals surface area contributed by atoms with Crippen LogP contribution >= 0.6 is 15.6 Å². The van der Waals surface area contributed by atoms with Gasteiger partial charge in [0.25, 0.3) is 0 Å². The number of esters is 4. The van der Waals surface area contributed by atoms with E-state index in [2.05, 4.69) is 137 Å². The topological polar surface area (TPSA) is 237 Å². The highest BCUT2D eigenvalue weighted by Crippen LogP contribution is 2.45. The molecule has 0 heterocycles. The van der Waals surface area contributed by atoms with E-state index in [0.717, 1.165) is 173 Å². The summed E-state index contributed by atoms with van der Waals surface area (Å²) < 4.78 is 68.2. The van der Waals surface area contributed by atoms with Gasteiger partial charge in [-0.2, -0.15) is 0 Å². The van der Waals surface area contributed by atoms with Crippen molar-refractivity contribution in [2.45, 2.75) is 290 Å². The van der Waals surface area contributed by atoms with Crippen LogP contribution in [0, 0.1) is 0 Å². The zero-order chi connectivity index (χ0) is 70.4. The molecule has 0 aliphatic rings. The van der Waals surface area contributed by atoms with Crippen molar-refractivity contribution in [1.82, 2.24) is 0 Å². The van der Waals surface area contributed by atoms with Crippen LogP contribution in [0.25, 0.3) is 0 Å². The standard InChI is InChI=1S/C77H128O17P2/c1-5-9-13-17-21-25-29-33-35-39-42-46-50-54-58-62-75(80)88-68-73(94-77(82)64-60-56-52-48-44-40-36-34-30-26-22-18-14-10-6-2)70-92-96(85,86)90-66-71(78)65-89-95(83,84)91-69-72(93-76(81)63-59-55-51-47-43-38-32-28-24-20-16-12-8-4)67-87-74(79)61-57-53-49-45-41-37-31-27-23-19-15-11-7-3/h9,13,15-16,19-22,25-28,31-36,42,46,54,58,71-73,78H,5-8,10-12,14,17-18,23-24,29-30,37-41,43-45,47-53,55-57,59-70H2,1-4H3,(H,83,84)(H,85,86)/b13-9-,19-15-,20-16-,25-21-,26-22-,31-27-,32-28-,35-33-,36-34-,46-42-,58-54-. The molecule has 0 aromatic carbocycles. The lowest BCUT2D eigenvalue weighted by atomic mass is 10.1. The first-order valence-electron chi connectivity index (χ1n) is 36.4.